The maximum atomic E-state index is 9.88. The van der Waals surface area contributed by atoms with Gasteiger partial charge in [0.15, 0.2) is 0 Å². The van der Waals surface area contributed by atoms with Crippen molar-refractivity contribution in [2.75, 3.05) is 6.54 Å². The van der Waals surface area contributed by atoms with Crippen molar-refractivity contribution in [1.82, 2.24) is 15.1 Å². The Bertz CT molecular complexity index is 641. The van der Waals surface area contributed by atoms with Crippen LogP contribution in [-0.4, -0.2) is 27.5 Å². The van der Waals surface area contributed by atoms with Gasteiger partial charge in [0.2, 0.25) is 0 Å². The highest BCUT2D eigenvalue weighted by molar-refractivity contribution is 6.30. The molecule has 1 aliphatic rings. The second-order valence-corrected chi connectivity index (χ2v) is 6.75. The van der Waals surface area contributed by atoms with Gasteiger partial charge in [-0.05, 0) is 31.2 Å². The zero-order valence-corrected chi connectivity index (χ0v) is 14.3. The molecule has 1 aliphatic carbocycles. The molecule has 3 rings (SSSR count). The van der Waals surface area contributed by atoms with Crippen LogP contribution in [0.1, 0.15) is 36.1 Å². The SMILES string of the molecule is Cc1nn(Cc2ccccc2)c(Cl)c1CNCC1CCCC1O. The summed E-state index contributed by atoms with van der Waals surface area (Å²) in [4.78, 5) is 0. The van der Waals surface area contributed by atoms with Gasteiger partial charge in [0.25, 0.3) is 0 Å². The molecular weight excluding hydrogens is 310 g/mol. The number of halogens is 1. The van der Waals surface area contributed by atoms with E-state index >= 15 is 0 Å². The Kier molecular flexibility index (Phi) is 5.36. The lowest BCUT2D eigenvalue weighted by atomic mass is 10.1. The molecule has 5 heteroatoms. The largest absolute Gasteiger partial charge is 0.393 e. The van der Waals surface area contributed by atoms with Crippen LogP contribution in [0.25, 0.3) is 0 Å². The number of hydrogen-bond donors (Lipinski definition) is 2. The number of rotatable bonds is 6. The number of benzene rings is 1. The van der Waals surface area contributed by atoms with Crippen molar-refractivity contribution in [2.45, 2.75) is 45.4 Å². The van der Waals surface area contributed by atoms with Crippen molar-refractivity contribution in [3.63, 3.8) is 0 Å². The number of aliphatic hydroxyl groups is 1. The predicted octanol–water partition coefficient (Wildman–Crippen LogP) is 3.14. The van der Waals surface area contributed by atoms with E-state index in [0.717, 1.165) is 37.1 Å². The third-order valence-electron chi connectivity index (χ3n) is 4.69. The molecule has 2 atom stereocenters. The maximum absolute atomic E-state index is 9.88. The smallest absolute Gasteiger partial charge is 0.132 e. The summed E-state index contributed by atoms with van der Waals surface area (Å²) in [5.74, 6) is 0.369. The first-order chi connectivity index (χ1) is 11.1. The number of aliphatic hydroxyl groups excluding tert-OH is 1. The topological polar surface area (TPSA) is 50.1 Å². The summed E-state index contributed by atoms with van der Waals surface area (Å²) < 4.78 is 1.85. The molecule has 0 spiro atoms. The average molecular weight is 334 g/mol. The maximum Gasteiger partial charge on any atom is 0.132 e. The highest BCUT2D eigenvalue weighted by atomic mass is 35.5. The van der Waals surface area contributed by atoms with E-state index in [2.05, 4.69) is 22.5 Å². The van der Waals surface area contributed by atoms with Gasteiger partial charge in [0.05, 0.1) is 18.3 Å². The summed E-state index contributed by atoms with van der Waals surface area (Å²) in [6.07, 6.45) is 3.01. The monoisotopic (exact) mass is 333 g/mol. The van der Waals surface area contributed by atoms with Crippen molar-refractivity contribution in [2.24, 2.45) is 5.92 Å². The van der Waals surface area contributed by atoms with Gasteiger partial charge in [-0.1, -0.05) is 48.4 Å². The summed E-state index contributed by atoms with van der Waals surface area (Å²) >= 11 is 6.51. The van der Waals surface area contributed by atoms with E-state index in [-0.39, 0.29) is 6.10 Å². The fourth-order valence-electron chi connectivity index (χ4n) is 3.29. The van der Waals surface area contributed by atoms with Gasteiger partial charge in [-0.25, -0.2) is 4.68 Å². The molecule has 23 heavy (non-hydrogen) atoms. The van der Waals surface area contributed by atoms with Gasteiger partial charge in [0, 0.05) is 18.7 Å². The van der Waals surface area contributed by atoms with Gasteiger partial charge in [-0.15, -0.1) is 0 Å². The molecule has 2 aromatic rings. The van der Waals surface area contributed by atoms with Crippen LogP contribution in [0.3, 0.4) is 0 Å². The second-order valence-electron chi connectivity index (χ2n) is 6.39. The van der Waals surface area contributed by atoms with Crippen molar-refractivity contribution in [3.05, 3.63) is 52.3 Å². The Hall–Kier alpha value is -1.36. The van der Waals surface area contributed by atoms with Crippen LogP contribution in [0.15, 0.2) is 30.3 Å². The van der Waals surface area contributed by atoms with E-state index in [4.69, 9.17) is 11.6 Å². The van der Waals surface area contributed by atoms with E-state index in [9.17, 15) is 5.11 Å². The van der Waals surface area contributed by atoms with E-state index in [1.165, 1.54) is 5.56 Å². The van der Waals surface area contributed by atoms with Crippen molar-refractivity contribution in [1.29, 1.82) is 0 Å². The summed E-state index contributed by atoms with van der Waals surface area (Å²) in [5, 5.41) is 18.6. The Morgan fingerprint density at radius 3 is 2.78 bits per heavy atom. The Balaban J connectivity index is 1.61. The summed E-state index contributed by atoms with van der Waals surface area (Å²) in [7, 11) is 0. The van der Waals surface area contributed by atoms with Crippen LogP contribution < -0.4 is 5.32 Å². The Morgan fingerprint density at radius 1 is 1.30 bits per heavy atom. The minimum absolute atomic E-state index is 0.153. The summed E-state index contributed by atoms with van der Waals surface area (Å²) in [6, 6.07) is 10.2. The summed E-state index contributed by atoms with van der Waals surface area (Å²) in [6.45, 7) is 4.21. The lowest BCUT2D eigenvalue weighted by Gasteiger charge is -2.15. The molecule has 0 saturated heterocycles. The van der Waals surface area contributed by atoms with Crippen molar-refractivity contribution in [3.8, 4) is 0 Å². The number of aryl methyl sites for hydroxylation is 1. The van der Waals surface area contributed by atoms with E-state index in [1.54, 1.807) is 0 Å². The summed E-state index contributed by atoms with van der Waals surface area (Å²) in [5.41, 5.74) is 3.20. The van der Waals surface area contributed by atoms with Crippen LogP contribution in [0.5, 0.6) is 0 Å². The first kappa shape index (κ1) is 16.5. The first-order valence-corrected chi connectivity index (χ1v) is 8.67. The van der Waals surface area contributed by atoms with Crippen LogP contribution in [0.2, 0.25) is 5.15 Å². The van der Waals surface area contributed by atoms with Gasteiger partial charge in [-0.3, -0.25) is 0 Å². The highest BCUT2D eigenvalue weighted by Crippen LogP contribution is 2.25. The quantitative estimate of drug-likeness (QED) is 0.853. The third kappa shape index (κ3) is 3.94. The molecule has 0 amide bonds. The molecule has 1 aromatic heterocycles. The van der Waals surface area contributed by atoms with Gasteiger partial charge in [0.1, 0.15) is 5.15 Å². The number of hydrogen-bond acceptors (Lipinski definition) is 3. The minimum Gasteiger partial charge on any atom is -0.393 e. The number of aromatic nitrogens is 2. The lowest BCUT2D eigenvalue weighted by molar-refractivity contribution is 0.131. The molecule has 124 valence electrons. The molecule has 4 nitrogen and oxygen atoms in total. The Labute approximate surface area is 142 Å². The fourth-order valence-corrected chi connectivity index (χ4v) is 3.59. The van der Waals surface area contributed by atoms with Crippen LogP contribution in [0.4, 0.5) is 0 Å². The molecular formula is C18H24ClN3O. The second kappa shape index (κ2) is 7.47. The standard InChI is InChI=1S/C18H24ClN3O/c1-13-16(11-20-10-15-8-5-9-17(15)23)18(19)22(21-13)12-14-6-3-2-4-7-14/h2-4,6-7,15,17,20,23H,5,8-12H2,1H3. The zero-order valence-electron chi connectivity index (χ0n) is 13.5. The van der Waals surface area contributed by atoms with Gasteiger partial charge >= 0.3 is 0 Å². The van der Waals surface area contributed by atoms with Gasteiger partial charge in [-0.2, -0.15) is 5.10 Å². The predicted molar refractivity (Wildman–Crippen MR) is 92.6 cm³/mol. The van der Waals surface area contributed by atoms with Crippen LogP contribution in [-0.2, 0) is 13.1 Å². The number of nitrogens with zero attached hydrogens (tertiary/aromatic N) is 2. The average Bonchev–Trinajstić information content (AvgIpc) is 3.06. The zero-order chi connectivity index (χ0) is 16.2. The molecule has 0 aliphatic heterocycles. The van der Waals surface area contributed by atoms with Crippen LogP contribution >= 0.6 is 11.6 Å². The lowest BCUT2D eigenvalue weighted by Crippen LogP contribution is -2.27. The molecule has 0 bridgehead atoms. The molecule has 1 aromatic carbocycles. The van der Waals surface area contributed by atoms with Crippen LogP contribution in [0, 0.1) is 12.8 Å². The molecule has 1 saturated carbocycles. The fraction of sp³-hybridized carbons (Fsp3) is 0.500. The first-order valence-electron chi connectivity index (χ1n) is 8.29. The molecule has 1 fully saturated rings. The van der Waals surface area contributed by atoms with E-state index in [0.29, 0.717) is 24.2 Å². The third-order valence-corrected chi connectivity index (χ3v) is 5.11. The molecule has 2 unspecified atom stereocenters. The normalized spacial score (nSPS) is 21.0. The van der Waals surface area contributed by atoms with Crippen molar-refractivity contribution >= 4 is 11.6 Å². The Morgan fingerprint density at radius 2 is 2.09 bits per heavy atom. The highest BCUT2D eigenvalue weighted by Gasteiger charge is 2.24. The van der Waals surface area contributed by atoms with E-state index in [1.807, 2.05) is 29.8 Å². The van der Waals surface area contributed by atoms with Gasteiger partial charge < -0.3 is 10.4 Å². The minimum atomic E-state index is -0.153. The van der Waals surface area contributed by atoms with E-state index < -0.39 is 0 Å². The molecule has 1 heterocycles. The number of nitrogens with one attached hydrogen (secondary N) is 1. The molecule has 0 radical (unpaired) electrons. The van der Waals surface area contributed by atoms with Crippen molar-refractivity contribution < 1.29 is 5.11 Å². The molecule has 2 N–H and O–H groups in total.